The first-order valence-electron chi connectivity index (χ1n) is 8.26. The Balaban J connectivity index is 1.96. The highest BCUT2D eigenvalue weighted by Gasteiger charge is 2.36. The number of nitrogens with two attached hydrogens (primary N) is 1. The lowest BCUT2D eigenvalue weighted by Crippen LogP contribution is -2.42. The first-order valence-corrected chi connectivity index (χ1v) is 8.26. The Bertz CT molecular complexity index is 609. The Morgan fingerprint density at radius 3 is 2.44 bits per heavy atom. The first-order chi connectivity index (χ1) is 11.7. The summed E-state index contributed by atoms with van der Waals surface area (Å²) in [6, 6.07) is 6.41. The van der Waals surface area contributed by atoms with Gasteiger partial charge in [0, 0.05) is 12.6 Å². The summed E-state index contributed by atoms with van der Waals surface area (Å²) in [5, 5.41) is 0. The van der Waals surface area contributed by atoms with Gasteiger partial charge in [-0.2, -0.15) is 0 Å². The first kappa shape index (κ1) is 19.1. The van der Waals surface area contributed by atoms with Crippen LogP contribution in [0.4, 0.5) is 4.79 Å². The number of likely N-dealkylation sites (tertiary alicyclic amines) is 1. The van der Waals surface area contributed by atoms with Gasteiger partial charge in [-0.25, -0.2) is 9.59 Å². The Hall–Kier alpha value is -2.28. The largest absolute Gasteiger partial charge is 0.491 e. The van der Waals surface area contributed by atoms with Crippen LogP contribution in [0.5, 0.6) is 5.75 Å². The summed E-state index contributed by atoms with van der Waals surface area (Å²) in [5.41, 5.74) is 5.89. The normalized spacial score (nSPS) is 20.3. The van der Waals surface area contributed by atoms with E-state index < -0.39 is 11.6 Å². The minimum Gasteiger partial charge on any atom is -0.491 e. The molecule has 1 fully saturated rings. The molecule has 1 aromatic rings. The molecule has 0 unspecified atom stereocenters. The number of hydrogen-bond donors (Lipinski definition) is 1. The standard InChI is InChI=1S/C18H26N2O5/c1-18(2,3)25-17(22)20-10-13(19)9-14(20)11-24-15-7-5-12(6-8-15)16(21)23-4/h5-8,13-14H,9-11,19H2,1-4H3/t13-,14+/m1/s1. The van der Waals surface area contributed by atoms with E-state index in [-0.39, 0.29) is 18.2 Å². The topological polar surface area (TPSA) is 91.1 Å². The van der Waals surface area contributed by atoms with Gasteiger partial charge in [0.15, 0.2) is 0 Å². The molecule has 2 atom stereocenters. The Kier molecular flexibility index (Phi) is 5.89. The molecule has 1 saturated heterocycles. The van der Waals surface area contributed by atoms with E-state index in [1.807, 2.05) is 20.8 Å². The number of carbonyl (C=O) groups excluding carboxylic acids is 2. The van der Waals surface area contributed by atoms with Crippen molar-refractivity contribution >= 4 is 12.1 Å². The molecule has 0 spiro atoms. The molecule has 0 saturated carbocycles. The average molecular weight is 350 g/mol. The molecular weight excluding hydrogens is 324 g/mol. The number of rotatable bonds is 4. The van der Waals surface area contributed by atoms with E-state index in [4.69, 9.17) is 15.2 Å². The third-order valence-corrected chi connectivity index (χ3v) is 3.79. The van der Waals surface area contributed by atoms with Crippen molar-refractivity contribution in [3.8, 4) is 5.75 Å². The van der Waals surface area contributed by atoms with Gasteiger partial charge in [0.1, 0.15) is 18.0 Å². The molecule has 7 heteroatoms. The third kappa shape index (κ3) is 5.35. The van der Waals surface area contributed by atoms with E-state index in [0.29, 0.717) is 30.9 Å². The number of ether oxygens (including phenoxy) is 3. The summed E-state index contributed by atoms with van der Waals surface area (Å²) >= 11 is 0. The molecule has 1 aliphatic heterocycles. The number of nitrogens with zero attached hydrogens (tertiary/aromatic N) is 1. The van der Waals surface area contributed by atoms with Crippen LogP contribution in [0.15, 0.2) is 24.3 Å². The highest BCUT2D eigenvalue weighted by molar-refractivity contribution is 5.89. The van der Waals surface area contributed by atoms with Crippen molar-refractivity contribution in [1.82, 2.24) is 4.90 Å². The van der Waals surface area contributed by atoms with Gasteiger partial charge in [0.25, 0.3) is 0 Å². The SMILES string of the molecule is COC(=O)c1ccc(OC[C@@H]2C[C@@H](N)CN2C(=O)OC(C)(C)C)cc1. The van der Waals surface area contributed by atoms with Gasteiger partial charge in [-0.05, 0) is 51.5 Å². The lowest BCUT2D eigenvalue weighted by molar-refractivity contribution is 0.0186. The molecule has 1 aromatic carbocycles. The molecule has 1 amide bonds. The average Bonchev–Trinajstić information content (AvgIpc) is 2.92. The van der Waals surface area contributed by atoms with Crippen LogP contribution in [0.2, 0.25) is 0 Å². The Labute approximate surface area is 148 Å². The lowest BCUT2D eigenvalue weighted by Gasteiger charge is -2.28. The second-order valence-corrected chi connectivity index (χ2v) is 7.11. The van der Waals surface area contributed by atoms with Gasteiger partial charge in [0.05, 0.1) is 18.7 Å². The number of hydrogen-bond acceptors (Lipinski definition) is 6. The van der Waals surface area contributed by atoms with Crippen molar-refractivity contribution < 1.29 is 23.8 Å². The summed E-state index contributed by atoms with van der Waals surface area (Å²) in [5.74, 6) is 0.210. The van der Waals surface area contributed by atoms with Crippen LogP contribution in [0.25, 0.3) is 0 Å². The quantitative estimate of drug-likeness (QED) is 0.837. The number of methoxy groups -OCH3 is 1. The molecule has 7 nitrogen and oxygen atoms in total. The fourth-order valence-corrected chi connectivity index (χ4v) is 2.65. The van der Waals surface area contributed by atoms with E-state index in [1.165, 1.54) is 7.11 Å². The van der Waals surface area contributed by atoms with Crippen LogP contribution in [0.3, 0.4) is 0 Å². The molecule has 0 aliphatic carbocycles. The fraction of sp³-hybridized carbons (Fsp3) is 0.556. The van der Waals surface area contributed by atoms with Crippen molar-refractivity contribution in [1.29, 1.82) is 0 Å². The van der Waals surface area contributed by atoms with E-state index in [2.05, 4.69) is 4.74 Å². The molecular formula is C18H26N2O5. The predicted octanol–water partition coefficient (Wildman–Crippen LogP) is 2.19. The molecule has 1 heterocycles. The smallest absolute Gasteiger partial charge is 0.410 e. The zero-order chi connectivity index (χ0) is 18.6. The molecule has 2 rings (SSSR count). The highest BCUT2D eigenvalue weighted by atomic mass is 16.6. The third-order valence-electron chi connectivity index (χ3n) is 3.79. The zero-order valence-electron chi connectivity index (χ0n) is 15.2. The van der Waals surface area contributed by atoms with Crippen LogP contribution in [-0.2, 0) is 9.47 Å². The van der Waals surface area contributed by atoms with Crippen molar-refractivity contribution in [2.24, 2.45) is 5.73 Å². The summed E-state index contributed by atoms with van der Waals surface area (Å²) in [7, 11) is 1.33. The maximum absolute atomic E-state index is 12.3. The lowest BCUT2D eigenvalue weighted by atomic mass is 10.2. The highest BCUT2D eigenvalue weighted by Crippen LogP contribution is 2.22. The van der Waals surface area contributed by atoms with Gasteiger partial charge in [0.2, 0.25) is 0 Å². The fourth-order valence-electron chi connectivity index (χ4n) is 2.65. The molecule has 0 bridgehead atoms. The van der Waals surface area contributed by atoms with Gasteiger partial charge in [-0.3, -0.25) is 0 Å². The number of amides is 1. The molecule has 0 aromatic heterocycles. The minimum atomic E-state index is -0.557. The zero-order valence-corrected chi connectivity index (χ0v) is 15.2. The van der Waals surface area contributed by atoms with Crippen molar-refractivity contribution in [3.63, 3.8) is 0 Å². The van der Waals surface area contributed by atoms with Crippen LogP contribution < -0.4 is 10.5 Å². The monoisotopic (exact) mass is 350 g/mol. The van der Waals surface area contributed by atoms with E-state index in [0.717, 1.165) is 0 Å². The second kappa shape index (κ2) is 7.74. The number of carbonyl (C=O) groups is 2. The molecule has 25 heavy (non-hydrogen) atoms. The Morgan fingerprint density at radius 1 is 1.24 bits per heavy atom. The summed E-state index contributed by atoms with van der Waals surface area (Å²) in [6.07, 6.45) is 0.273. The minimum absolute atomic E-state index is 0.0946. The van der Waals surface area contributed by atoms with Gasteiger partial charge >= 0.3 is 12.1 Å². The second-order valence-electron chi connectivity index (χ2n) is 7.11. The maximum Gasteiger partial charge on any atom is 0.410 e. The van der Waals surface area contributed by atoms with Crippen LogP contribution in [-0.4, -0.2) is 54.9 Å². The van der Waals surface area contributed by atoms with E-state index >= 15 is 0 Å². The Morgan fingerprint density at radius 2 is 1.88 bits per heavy atom. The number of esters is 1. The van der Waals surface area contributed by atoms with Crippen molar-refractivity contribution in [3.05, 3.63) is 29.8 Å². The molecule has 1 aliphatic rings. The van der Waals surface area contributed by atoms with Crippen LogP contribution in [0, 0.1) is 0 Å². The summed E-state index contributed by atoms with van der Waals surface area (Å²) < 4.78 is 15.8. The van der Waals surface area contributed by atoms with Crippen molar-refractivity contribution in [2.45, 2.75) is 44.9 Å². The van der Waals surface area contributed by atoms with E-state index in [9.17, 15) is 9.59 Å². The van der Waals surface area contributed by atoms with Crippen LogP contribution >= 0.6 is 0 Å². The van der Waals surface area contributed by atoms with Gasteiger partial charge < -0.3 is 24.8 Å². The number of benzene rings is 1. The predicted molar refractivity (Wildman–Crippen MR) is 92.6 cm³/mol. The van der Waals surface area contributed by atoms with E-state index in [1.54, 1.807) is 29.2 Å². The van der Waals surface area contributed by atoms with Gasteiger partial charge in [-0.15, -0.1) is 0 Å². The molecule has 0 radical (unpaired) electrons. The van der Waals surface area contributed by atoms with Crippen molar-refractivity contribution in [2.75, 3.05) is 20.3 Å². The summed E-state index contributed by atoms with van der Waals surface area (Å²) in [4.78, 5) is 25.4. The molecule has 2 N–H and O–H groups in total. The summed E-state index contributed by atoms with van der Waals surface area (Å²) in [6.45, 7) is 6.24. The maximum atomic E-state index is 12.3. The molecule has 138 valence electrons. The van der Waals surface area contributed by atoms with Crippen LogP contribution in [0.1, 0.15) is 37.6 Å². The van der Waals surface area contributed by atoms with Gasteiger partial charge in [-0.1, -0.05) is 0 Å².